The Bertz CT molecular complexity index is 847. The van der Waals surface area contributed by atoms with E-state index in [2.05, 4.69) is 20.7 Å². The third-order valence-electron chi connectivity index (χ3n) is 3.50. The second kappa shape index (κ2) is 7.14. The van der Waals surface area contributed by atoms with Crippen LogP contribution in [0.15, 0.2) is 54.9 Å². The normalized spacial score (nSPS) is 10.4. The van der Waals surface area contributed by atoms with Gasteiger partial charge in [-0.2, -0.15) is 5.10 Å². The Morgan fingerprint density at radius 3 is 2.71 bits per heavy atom. The summed E-state index contributed by atoms with van der Waals surface area (Å²) in [5, 5.41) is 10.5. The van der Waals surface area contributed by atoms with Crippen molar-refractivity contribution in [2.75, 3.05) is 5.32 Å². The standard InChI is InChI=1S/C17H16ClN5O/c1-23-13(10-16(22-23)12-6-8-19-9-7-12)11-20-17(24)21-15-5-3-2-4-14(15)18/h2-10H,11H2,1H3,(H2,20,21,24). The molecule has 0 aliphatic heterocycles. The number of nitrogens with one attached hydrogen (secondary N) is 2. The summed E-state index contributed by atoms with van der Waals surface area (Å²) >= 11 is 6.02. The van der Waals surface area contributed by atoms with Crippen LogP contribution in [0.4, 0.5) is 10.5 Å². The molecular formula is C17H16ClN5O. The van der Waals surface area contributed by atoms with Gasteiger partial charge in [0.1, 0.15) is 0 Å². The largest absolute Gasteiger partial charge is 0.332 e. The maximum Gasteiger partial charge on any atom is 0.319 e. The van der Waals surface area contributed by atoms with Crippen molar-refractivity contribution in [3.63, 3.8) is 0 Å². The van der Waals surface area contributed by atoms with E-state index < -0.39 is 0 Å². The molecule has 2 heterocycles. The predicted molar refractivity (Wildman–Crippen MR) is 93.7 cm³/mol. The zero-order valence-electron chi connectivity index (χ0n) is 13.0. The first kappa shape index (κ1) is 16.0. The van der Waals surface area contributed by atoms with E-state index in [4.69, 9.17) is 11.6 Å². The van der Waals surface area contributed by atoms with Gasteiger partial charge in [-0.05, 0) is 30.3 Å². The highest BCUT2D eigenvalue weighted by Gasteiger charge is 2.09. The molecule has 0 spiro atoms. The van der Waals surface area contributed by atoms with Gasteiger partial charge in [0, 0.05) is 25.0 Å². The number of hydrogen-bond acceptors (Lipinski definition) is 3. The molecule has 3 rings (SSSR count). The zero-order chi connectivity index (χ0) is 16.9. The summed E-state index contributed by atoms with van der Waals surface area (Å²) < 4.78 is 1.74. The number of aromatic nitrogens is 3. The van der Waals surface area contributed by atoms with Crippen LogP contribution in [-0.4, -0.2) is 20.8 Å². The molecule has 1 aromatic carbocycles. The molecule has 0 bridgehead atoms. The first-order valence-electron chi connectivity index (χ1n) is 7.36. The summed E-state index contributed by atoms with van der Waals surface area (Å²) in [5.41, 5.74) is 3.27. The van der Waals surface area contributed by atoms with Crippen LogP contribution in [0.25, 0.3) is 11.3 Å². The number of para-hydroxylation sites is 1. The first-order chi connectivity index (χ1) is 11.6. The van der Waals surface area contributed by atoms with Gasteiger partial charge < -0.3 is 10.6 Å². The fourth-order valence-electron chi connectivity index (χ4n) is 2.24. The fraction of sp³-hybridized carbons (Fsp3) is 0.118. The monoisotopic (exact) mass is 341 g/mol. The highest BCUT2D eigenvalue weighted by molar-refractivity contribution is 6.33. The van der Waals surface area contributed by atoms with Crippen molar-refractivity contribution in [3.05, 3.63) is 65.6 Å². The van der Waals surface area contributed by atoms with Gasteiger partial charge >= 0.3 is 6.03 Å². The van der Waals surface area contributed by atoms with Crippen LogP contribution in [0, 0.1) is 0 Å². The van der Waals surface area contributed by atoms with E-state index in [1.54, 1.807) is 29.2 Å². The highest BCUT2D eigenvalue weighted by Crippen LogP contribution is 2.20. The number of urea groups is 1. The lowest BCUT2D eigenvalue weighted by molar-refractivity contribution is 0.251. The van der Waals surface area contributed by atoms with Crippen LogP contribution >= 0.6 is 11.6 Å². The number of hydrogen-bond donors (Lipinski definition) is 2. The summed E-state index contributed by atoms with van der Waals surface area (Å²) in [7, 11) is 1.84. The average molecular weight is 342 g/mol. The van der Waals surface area contributed by atoms with E-state index in [1.807, 2.05) is 37.4 Å². The molecule has 122 valence electrons. The molecule has 3 aromatic rings. The molecule has 7 heteroatoms. The van der Waals surface area contributed by atoms with Gasteiger partial charge in [0.15, 0.2) is 0 Å². The first-order valence-corrected chi connectivity index (χ1v) is 7.74. The number of pyridine rings is 1. The van der Waals surface area contributed by atoms with Crippen molar-refractivity contribution in [3.8, 4) is 11.3 Å². The summed E-state index contributed by atoms with van der Waals surface area (Å²) in [6, 6.07) is 12.5. The predicted octanol–water partition coefficient (Wildman–Crippen LogP) is 3.46. The van der Waals surface area contributed by atoms with Crippen LogP contribution in [0.3, 0.4) is 0 Å². The van der Waals surface area contributed by atoms with Gasteiger partial charge in [-0.15, -0.1) is 0 Å². The fourth-order valence-corrected chi connectivity index (χ4v) is 2.42. The molecule has 0 fully saturated rings. The van der Waals surface area contributed by atoms with Crippen LogP contribution in [0.2, 0.25) is 5.02 Å². The van der Waals surface area contributed by atoms with Crippen molar-refractivity contribution < 1.29 is 4.79 Å². The van der Waals surface area contributed by atoms with E-state index in [1.165, 1.54) is 0 Å². The maximum atomic E-state index is 12.0. The Hall–Kier alpha value is -2.86. The van der Waals surface area contributed by atoms with Gasteiger partial charge in [-0.3, -0.25) is 9.67 Å². The zero-order valence-corrected chi connectivity index (χ0v) is 13.8. The number of nitrogens with zero attached hydrogens (tertiary/aromatic N) is 3. The minimum absolute atomic E-state index is 0.324. The minimum Gasteiger partial charge on any atom is -0.332 e. The summed E-state index contributed by atoms with van der Waals surface area (Å²) in [5.74, 6) is 0. The lowest BCUT2D eigenvalue weighted by Gasteiger charge is -2.08. The lowest BCUT2D eigenvalue weighted by Crippen LogP contribution is -2.29. The van der Waals surface area contributed by atoms with Crippen molar-refractivity contribution >= 4 is 23.3 Å². The topological polar surface area (TPSA) is 71.8 Å². The summed E-state index contributed by atoms with van der Waals surface area (Å²) in [6.45, 7) is 0.352. The second-order valence-corrected chi connectivity index (χ2v) is 5.58. The van der Waals surface area contributed by atoms with Crippen molar-refractivity contribution in [2.45, 2.75) is 6.54 Å². The molecule has 24 heavy (non-hydrogen) atoms. The third kappa shape index (κ3) is 3.72. The van der Waals surface area contributed by atoms with Gasteiger partial charge in [-0.25, -0.2) is 4.79 Å². The van der Waals surface area contributed by atoms with E-state index in [0.29, 0.717) is 17.3 Å². The minimum atomic E-state index is -0.324. The Kier molecular flexibility index (Phi) is 4.77. The maximum absolute atomic E-state index is 12.0. The van der Waals surface area contributed by atoms with Gasteiger partial charge in [0.2, 0.25) is 0 Å². The molecule has 0 saturated carbocycles. The number of anilines is 1. The molecular weight excluding hydrogens is 326 g/mol. The van der Waals surface area contributed by atoms with Crippen LogP contribution in [0.1, 0.15) is 5.69 Å². The van der Waals surface area contributed by atoms with Crippen molar-refractivity contribution in [2.24, 2.45) is 7.05 Å². The molecule has 0 radical (unpaired) electrons. The molecule has 2 amide bonds. The average Bonchev–Trinajstić information content (AvgIpc) is 2.97. The number of carbonyl (C=O) groups excluding carboxylic acids is 1. The Morgan fingerprint density at radius 1 is 1.21 bits per heavy atom. The molecule has 0 aliphatic carbocycles. The summed E-state index contributed by atoms with van der Waals surface area (Å²) in [4.78, 5) is 16.0. The molecule has 2 aromatic heterocycles. The molecule has 6 nitrogen and oxygen atoms in total. The molecule has 0 saturated heterocycles. The van der Waals surface area contributed by atoms with E-state index in [-0.39, 0.29) is 6.03 Å². The Labute approximate surface area is 144 Å². The lowest BCUT2D eigenvalue weighted by atomic mass is 10.2. The van der Waals surface area contributed by atoms with Crippen molar-refractivity contribution in [1.29, 1.82) is 0 Å². The van der Waals surface area contributed by atoms with Gasteiger partial charge in [0.05, 0.1) is 28.6 Å². The van der Waals surface area contributed by atoms with E-state index in [0.717, 1.165) is 17.0 Å². The van der Waals surface area contributed by atoms with Crippen LogP contribution in [-0.2, 0) is 13.6 Å². The Morgan fingerprint density at radius 2 is 1.96 bits per heavy atom. The quantitative estimate of drug-likeness (QED) is 0.763. The third-order valence-corrected chi connectivity index (χ3v) is 3.83. The molecule has 0 aliphatic rings. The Balaban J connectivity index is 1.64. The number of aryl methyl sites for hydroxylation is 1. The SMILES string of the molecule is Cn1nc(-c2ccncc2)cc1CNC(=O)Nc1ccccc1Cl. The smallest absolute Gasteiger partial charge is 0.319 e. The molecule has 0 atom stereocenters. The van der Waals surface area contributed by atoms with E-state index in [9.17, 15) is 4.79 Å². The number of carbonyl (C=O) groups is 1. The van der Waals surface area contributed by atoms with Crippen molar-refractivity contribution in [1.82, 2.24) is 20.1 Å². The number of amides is 2. The van der Waals surface area contributed by atoms with Gasteiger partial charge in [0.25, 0.3) is 0 Å². The summed E-state index contributed by atoms with van der Waals surface area (Å²) in [6.07, 6.45) is 3.44. The highest BCUT2D eigenvalue weighted by atomic mass is 35.5. The van der Waals surface area contributed by atoms with Gasteiger partial charge in [-0.1, -0.05) is 23.7 Å². The number of halogens is 1. The molecule has 0 unspecified atom stereocenters. The van der Waals surface area contributed by atoms with E-state index >= 15 is 0 Å². The molecule has 2 N–H and O–H groups in total. The van der Waals surface area contributed by atoms with Crippen LogP contribution in [0.5, 0.6) is 0 Å². The second-order valence-electron chi connectivity index (χ2n) is 5.17. The van der Waals surface area contributed by atoms with Crippen LogP contribution < -0.4 is 10.6 Å². The number of rotatable bonds is 4. The number of benzene rings is 1.